The van der Waals surface area contributed by atoms with E-state index in [0.29, 0.717) is 31.2 Å². The highest BCUT2D eigenvalue weighted by Gasteiger charge is 2.15. The van der Waals surface area contributed by atoms with E-state index in [2.05, 4.69) is 36.2 Å². The number of fused-ring (bicyclic) bond motifs is 1. The zero-order valence-corrected chi connectivity index (χ0v) is 18.1. The van der Waals surface area contributed by atoms with Crippen LogP contribution in [0.5, 0.6) is 0 Å². The first kappa shape index (κ1) is 20.2. The zero-order chi connectivity index (χ0) is 20.9. The summed E-state index contributed by atoms with van der Waals surface area (Å²) in [4.78, 5) is 17.7. The highest BCUT2D eigenvalue weighted by Crippen LogP contribution is 2.36. The third-order valence-corrected chi connectivity index (χ3v) is 5.30. The van der Waals surface area contributed by atoms with Crippen LogP contribution in [0, 0.1) is 0 Å². The van der Waals surface area contributed by atoms with Gasteiger partial charge in [0.25, 0.3) is 0 Å². The molecule has 0 fully saturated rings. The first-order valence-electron chi connectivity index (χ1n) is 9.61. The van der Waals surface area contributed by atoms with Crippen LogP contribution in [0.1, 0.15) is 6.92 Å². The number of hydrogen-bond acceptors (Lipinski definition) is 7. The summed E-state index contributed by atoms with van der Waals surface area (Å²) in [7, 11) is 0. The molecule has 0 spiro atoms. The number of ether oxygens (including phenoxy) is 1. The summed E-state index contributed by atoms with van der Waals surface area (Å²) in [5, 5.41) is 3.97. The highest BCUT2D eigenvalue weighted by atomic mass is 79.9. The maximum Gasteiger partial charge on any atom is 0.165 e. The summed E-state index contributed by atoms with van der Waals surface area (Å²) in [6.07, 6.45) is 3.23. The molecule has 0 radical (unpaired) electrons. The van der Waals surface area contributed by atoms with Crippen LogP contribution in [0.25, 0.3) is 33.4 Å². The van der Waals surface area contributed by atoms with Gasteiger partial charge in [-0.3, -0.25) is 0 Å². The van der Waals surface area contributed by atoms with Crippen molar-refractivity contribution in [3.8, 4) is 22.4 Å². The summed E-state index contributed by atoms with van der Waals surface area (Å²) in [5.41, 5.74) is 10.3. The van der Waals surface area contributed by atoms with E-state index >= 15 is 0 Å². The molecule has 0 saturated heterocycles. The molecule has 3 aromatic heterocycles. The van der Waals surface area contributed by atoms with Crippen LogP contribution in [0.2, 0.25) is 0 Å². The number of nitrogens with one attached hydrogen (secondary N) is 1. The van der Waals surface area contributed by atoms with E-state index in [-0.39, 0.29) is 0 Å². The Morgan fingerprint density at radius 1 is 1.07 bits per heavy atom. The third kappa shape index (κ3) is 4.24. The molecule has 4 rings (SSSR count). The lowest BCUT2D eigenvalue weighted by Crippen LogP contribution is -2.10. The Bertz CT molecular complexity index is 1170. The van der Waals surface area contributed by atoms with E-state index in [9.17, 15) is 0 Å². The van der Waals surface area contributed by atoms with Crippen LogP contribution in [-0.4, -0.2) is 39.7 Å². The average Bonchev–Trinajstić information content (AvgIpc) is 2.77. The molecule has 3 heterocycles. The topological polar surface area (TPSA) is 98.8 Å². The number of aromatic nitrogens is 4. The van der Waals surface area contributed by atoms with Crippen molar-refractivity contribution in [2.45, 2.75) is 6.92 Å². The molecule has 152 valence electrons. The van der Waals surface area contributed by atoms with Crippen LogP contribution in [0.15, 0.2) is 59.5 Å². The number of pyridine rings is 2. The van der Waals surface area contributed by atoms with Gasteiger partial charge in [-0.1, -0.05) is 34.1 Å². The lowest BCUT2D eigenvalue weighted by atomic mass is 10.0. The third-order valence-electron chi connectivity index (χ3n) is 4.61. The van der Waals surface area contributed by atoms with Crippen molar-refractivity contribution in [2.75, 3.05) is 30.8 Å². The SMILES string of the molecule is CCOCCNc1ccc(-c2cc(-c3ccccc3Br)c3c(N)ncnc3n2)cn1. The quantitative estimate of drug-likeness (QED) is 0.387. The summed E-state index contributed by atoms with van der Waals surface area (Å²) in [6.45, 7) is 4.03. The fourth-order valence-electron chi connectivity index (χ4n) is 3.17. The monoisotopic (exact) mass is 464 g/mol. The van der Waals surface area contributed by atoms with Gasteiger partial charge < -0.3 is 15.8 Å². The number of hydrogen-bond donors (Lipinski definition) is 2. The van der Waals surface area contributed by atoms with Crippen LogP contribution in [0.3, 0.4) is 0 Å². The van der Waals surface area contributed by atoms with Gasteiger partial charge in [-0.05, 0) is 42.3 Å². The second kappa shape index (κ2) is 9.15. The van der Waals surface area contributed by atoms with Gasteiger partial charge >= 0.3 is 0 Å². The Kier molecular flexibility index (Phi) is 6.15. The van der Waals surface area contributed by atoms with Gasteiger partial charge in [0.1, 0.15) is 18.0 Å². The number of nitrogens with two attached hydrogens (primary N) is 1. The van der Waals surface area contributed by atoms with E-state index in [1.807, 2.05) is 49.4 Å². The lowest BCUT2D eigenvalue weighted by molar-refractivity contribution is 0.158. The Morgan fingerprint density at radius 3 is 2.70 bits per heavy atom. The molecule has 0 amide bonds. The van der Waals surface area contributed by atoms with Gasteiger partial charge in [-0.25, -0.2) is 19.9 Å². The molecule has 0 aliphatic rings. The number of anilines is 2. The summed E-state index contributed by atoms with van der Waals surface area (Å²) < 4.78 is 6.29. The second-order valence-corrected chi connectivity index (χ2v) is 7.40. The van der Waals surface area contributed by atoms with Gasteiger partial charge in [0.15, 0.2) is 5.65 Å². The van der Waals surface area contributed by atoms with Gasteiger partial charge in [-0.2, -0.15) is 0 Å². The molecule has 0 unspecified atom stereocenters. The fourth-order valence-corrected chi connectivity index (χ4v) is 3.67. The number of halogens is 1. The van der Waals surface area contributed by atoms with Crippen molar-refractivity contribution in [3.63, 3.8) is 0 Å². The molecular formula is C22H21BrN6O. The van der Waals surface area contributed by atoms with Crippen LogP contribution in [0.4, 0.5) is 11.6 Å². The first-order chi connectivity index (χ1) is 14.7. The minimum Gasteiger partial charge on any atom is -0.383 e. The van der Waals surface area contributed by atoms with Crippen LogP contribution >= 0.6 is 15.9 Å². The smallest absolute Gasteiger partial charge is 0.165 e. The molecule has 7 nitrogen and oxygen atoms in total. The van der Waals surface area contributed by atoms with E-state index < -0.39 is 0 Å². The molecule has 4 aromatic rings. The molecule has 30 heavy (non-hydrogen) atoms. The van der Waals surface area contributed by atoms with Crippen molar-refractivity contribution in [2.24, 2.45) is 0 Å². The fraction of sp³-hybridized carbons (Fsp3) is 0.182. The minimum absolute atomic E-state index is 0.400. The van der Waals surface area contributed by atoms with E-state index in [4.69, 9.17) is 15.5 Å². The summed E-state index contributed by atoms with van der Waals surface area (Å²) in [5.74, 6) is 1.19. The van der Waals surface area contributed by atoms with Gasteiger partial charge in [0, 0.05) is 29.4 Å². The van der Waals surface area contributed by atoms with Crippen molar-refractivity contribution in [1.29, 1.82) is 0 Å². The van der Waals surface area contributed by atoms with Crippen molar-refractivity contribution in [3.05, 3.63) is 59.5 Å². The first-order valence-corrected chi connectivity index (χ1v) is 10.4. The lowest BCUT2D eigenvalue weighted by Gasteiger charge is -2.12. The van der Waals surface area contributed by atoms with E-state index in [1.54, 1.807) is 6.20 Å². The molecule has 3 N–H and O–H groups in total. The van der Waals surface area contributed by atoms with Crippen LogP contribution < -0.4 is 11.1 Å². The number of nitrogens with zero attached hydrogens (tertiary/aromatic N) is 4. The molecule has 0 saturated carbocycles. The van der Waals surface area contributed by atoms with Gasteiger partial charge in [-0.15, -0.1) is 0 Å². The van der Waals surface area contributed by atoms with Crippen molar-refractivity contribution >= 4 is 38.6 Å². The predicted molar refractivity (Wildman–Crippen MR) is 123 cm³/mol. The van der Waals surface area contributed by atoms with Crippen molar-refractivity contribution in [1.82, 2.24) is 19.9 Å². The second-order valence-electron chi connectivity index (χ2n) is 6.55. The maximum atomic E-state index is 6.18. The number of rotatable bonds is 7. The zero-order valence-electron chi connectivity index (χ0n) is 16.5. The predicted octanol–water partition coefficient (Wildman–Crippen LogP) is 4.55. The van der Waals surface area contributed by atoms with Crippen molar-refractivity contribution < 1.29 is 4.74 Å². The normalized spacial score (nSPS) is 11.0. The molecule has 0 aliphatic heterocycles. The molecule has 0 bridgehead atoms. The molecule has 0 atom stereocenters. The molecule has 8 heteroatoms. The largest absolute Gasteiger partial charge is 0.383 e. The number of benzene rings is 1. The summed E-state index contributed by atoms with van der Waals surface area (Å²) >= 11 is 3.64. The standard InChI is InChI=1S/C22H21BrN6O/c1-2-30-10-9-25-19-8-7-14(12-26-19)18-11-16(15-5-3-4-6-17(15)23)20-21(24)27-13-28-22(20)29-18/h3-8,11-13H,2,9-10H2,1H3,(H,25,26)(H2,24,27,28,29). The Hall–Kier alpha value is -3.10. The van der Waals surface area contributed by atoms with Gasteiger partial charge in [0.2, 0.25) is 0 Å². The molecule has 0 aliphatic carbocycles. The minimum atomic E-state index is 0.400. The van der Waals surface area contributed by atoms with E-state index in [1.165, 1.54) is 6.33 Å². The number of nitrogen functional groups attached to an aromatic ring is 1. The van der Waals surface area contributed by atoms with Gasteiger partial charge in [0.05, 0.1) is 17.7 Å². The Labute approximate surface area is 182 Å². The maximum absolute atomic E-state index is 6.18. The van der Waals surface area contributed by atoms with E-state index in [0.717, 1.165) is 38.1 Å². The van der Waals surface area contributed by atoms with Crippen LogP contribution in [-0.2, 0) is 4.74 Å². The molecular weight excluding hydrogens is 444 g/mol. The summed E-state index contributed by atoms with van der Waals surface area (Å²) in [6, 6.07) is 13.9. The molecule has 1 aromatic carbocycles. The average molecular weight is 465 g/mol. The highest BCUT2D eigenvalue weighted by molar-refractivity contribution is 9.10. The Morgan fingerprint density at radius 2 is 1.93 bits per heavy atom. The Balaban J connectivity index is 1.75.